The highest BCUT2D eigenvalue weighted by Gasteiger charge is 2.18. The molecule has 0 saturated carbocycles. The van der Waals surface area contributed by atoms with Crippen molar-refractivity contribution in [1.82, 2.24) is 10.2 Å². The lowest BCUT2D eigenvalue weighted by molar-refractivity contribution is -0.0158. The molecule has 1 aromatic heterocycles. The maximum atomic E-state index is 11.5. The molecule has 1 rings (SSSR count). The van der Waals surface area contributed by atoms with Crippen molar-refractivity contribution >= 4 is 5.97 Å². The van der Waals surface area contributed by atoms with Crippen molar-refractivity contribution in [2.75, 3.05) is 14.2 Å². The Morgan fingerprint density at radius 3 is 2.44 bits per heavy atom. The molecule has 0 aliphatic rings. The minimum absolute atomic E-state index is 0.141. The molecule has 0 unspecified atom stereocenters. The fourth-order valence-corrected chi connectivity index (χ4v) is 1.18. The zero-order chi connectivity index (χ0) is 13.8. The molecule has 1 aromatic rings. The van der Waals surface area contributed by atoms with Gasteiger partial charge in [-0.25, -0.2) is 4.79 Å². The summed E-state index contributed by atoms with van der Waals surface area (Å²) >= 11 is 0. The van der Waals surface area contributed by atoms with E-state index in [4.69, 9.17) is 9.47 Å². The predicted octanol–water partition coefficient (Wildman–Crippen LogP) is 1.59. The molecule has 0 saturated heterocycles. The first kappa shape index (κ1) is 14.4. The Morgan fingerprint density at radius 1 is 1.28 bits per heavy atom. The minimum atomic E-state index is -0.544. The Hall–Kier alpha value is -1.69. The molecule has 0 N–H and O–H groups in total. The van der Waals surface area contributed by atoms with Crippen LogP contribution in [-0.2, 0) is 16.1 Å². The molecule has 18 heavy (non-hydrogen) atoms. The highest BCUT2D eigenvalue weighted by atomic mass is 16.5. The van der Waals surface area contributed by atoms with Crippen LogP contribution in [0.1, 0.15) is 36.8 Å². The quantitative estimate of drug-likeness (QED) is 0.760. The molecule has 100 valence electrons. The molecule has 0 atom stereocenters. The fraction of sp³-hybridized carbons (Fsp3) is 0.583. The van der Waals surface area contributed by atoms with E-state index < -0.39 is 5.97 Å². The number of esters is 1. The summed E-state index contributed by atoms with van der Waals surface area (Å²) in [6.07, 6.45) is 0. The molecule has 0 aromatic carbocycles. The number of hydrogen-bond acceptors (Lipinski definition) is 6. The summed E-state index contributed by atoms with van der Waals surface area (Å²) in [5.74, 6) is -0.215. The van der Waals surface area contributed by atoms with Gasteiger partial charge in [-0.2, -0.15) is 0 Å². The van der Waals surface area contributed by atoms with Crippen molar-refractivity contribution in [2.45, 2.75) is 33.0 Å². The van der Waals surface area contributed by atoms with Gasteiger partial charge in [0.2, 0.25) is 5.88 Å². The van der Waals surface area contributed by atoms with E-state index >= 15 is 0 Å². The van der Waals surface area contributed by atoms with Gasteiger partial charge in [-0.05, 0) is 20.8 Å². The summed E-state index contributed by atoms with van der Waals surface area (Å²) in [7, 11) is 2.78. The summed E-state index contributed by atoms with van der Waals surface area (Å²) in [5, 5.41) is 7.53. The van der Waals surface area contributed by atoms with Crippen LogP contribution in [0.5, 0.6) is 5.88 Å². The third-order valence-corrected chi connectivity index (χ3v) is 2.10. The van der Waals surface area contributed by atoms with E-state index in [9.17, 15) is 4.79 Å². The SMILES string of the molecule is COC(=O)c1nnc(OC)cc1COC(C)(C)C. The average molecular weight is 254 g/mol. The lowest BCUT2D eigenvalue weighted by Gasteiger charge is -2.20. The second-order valence-electron chi connectivity index (χ2n) is 4.65. The number of aromatic nitrogens is 2. The highest BCUT2D eigenvalue weighted by molar-refractivity contribution is 5.88. The van der Waals surface area contributed by atoms with Crippen molar-refractivity contribution in [3.63, 3.8) is 0 Å². The molecule has 0 amide bonds. The van der Waals surface area contributed by atoms with E-state index in [0.717, 1.165) is 0 Å². The van der Waals surface area contributed by atoms with Gasteiger partial charge in [0.15, 0.2) is 5.69 Å². The van der Waals surface area contributed by atoms with Crippen molar-refractivity contribution < 1.29 is 19.0 Å². The van der Waals surface area contributed by atoms with Gasteiger partial charge in [0.25, 0.3) is 0 Å². The normalized spacial score (nSPS) is 11.2. The van der Waals surface area contributed by atoms with Gasteiger partial charge in [0.1, 0.15) is 0 Å². The fourth-order valence-electron chi connectivity index (χ4n) is 1.18. The van der Waals surface area contributed by atoms with E-state index in [1.54, 1.807) is 6.07 Å². The Bertz CT molecular complexity index is 427. The summed E-state index contributed by atoms with van der Waals surface area (Å²) in [5.41, 5.74) is 0.412. The van der Waals surface area contributed by atoms with E-state index in [1.165, 1.54) is 14.2 Å². The van der Waals surface area contributed by atoms with Crippen molar-refractivity contribution in [3.05, 3.63) is 17.3 Å². The number of carbonyl (C=O) groups excluding carboxylic acids is 1. The first-order valence-electron chi connectivity index (χ1n) is 5.50. The van der Waals surface area contributed by atoms with Gasteiger partial charge in [-0.15, -0.1) is 10.2 Å². The van der Waals surface area contributed by atoms with E-state index in [2.05, 4.69) is 14.9 Å². The van der Waals surface area contributed by atoms with E-state index in [0.29, 0.717) is 11.4 Å². The standard InChI is InChI=1S/C12H18N2O4/c1-12(2,3)18-7-8-6-9(16-4)13-14-10(8)11(15)17-5/h6H,7H2,1-5H3. The van der Waals surface area contributed by atoms with Crippen LogP contribution in [-0.4, -0.2) is 36.0 Å². The number of ether oxygens (including phenoxy) is 3. The molecule has 0 bridgehead atoms. The van der Waals surface area contributed by atoms with Crippen LogP contribution in [0.2, 0.25) is 0 Å². The summed E-state index contributed by atoms with van der Waals surface area (Å²) in [4.78, 5) is 11.5. The van der Waals surface area contributed by atoms with Crippen molar-refractivity contribution in [3.8, 4) is 5.88 Å². The van der Waals surface area contributed by atoms with Gasteiger partial charge in [0.05, 0.1) is 26.4 Å². The third-order valence-electron chi connectivity index (χ3n) is 2.10. The van der Waals surface area contributed by atoms with Crippen molar-refractivity contribution in [1.29, 1.82) is 0 Å². The molecule has 1 heterocycles. The zero-order valence-corrected chi connectivity index (χ0v) is 11.3. The molecule has 0 aliphatic carbocycles. The largest absolute Gasteiger partial charge is 0.480 e. The number of hydrogen-bond donors (Lipinski definition) is 0. The lowest BCUT2D eigenvalue weighted by Crippen LogP contribution is -2.20. The van der Waals surface area contributed by atoms with Crippen LogP contribution in [0.15, 0.2) is 6.07 Å². The smallest absolute Gasteiger partial charge is 0.358 e. The second kappa shape index (κ2) is 5.77. The highest BCUT2D eigenvalue weighted by Crippen LogP contribution is 2.17. The Morgan fingerprint density at radius 2 is 1.94 bits per heavy atom. The van der Waals surface area contributed by atoms with Gasteiger partial charge in [-0.1, -0.05) is 0 Å². The monoisotopic (exact) mass is 254 g/mol. The molecular formula is C12H18N2O4. The minimum Gasteiger partial charge on any atom is -0.480 e. The van der Waals surface area contributed by atoms with Gasteiger partial charge >= 0.3 is 5.97 Å². The third kappa shape index (κ3) is 3.96. The molecular weight excluding hydrogens is 236 g/mol. The van der Waals surface area contributed by atoms with Crippen LogP contribution in [0.3, 0.4) is 0 Å². The number of nitrogens with zero attached hydrogens (tertiary/aromatic N) is 2. The maximum Gasteiger partial charge on any atom is 0.358 e. The first-order chi connectivity index (χ1) is 8.37. The molecule has 0 spiro atoms. The Labute approximate surface area is 106 Å². The van der Waals surface area contributed by atoms with Gasteiger partial charge in [0, 0.05) is 11.6 Å². The molecule has 0 aliphatic heterocycles. The Balaban J connectivity index is 3.00. The van der Waals surface area contributed by atoms with Gasteiger partial charge < -0.3 is 14.2 Å². The van der Waals surface area contributed by atoms with Crippen LogP contribution < -0.4 is 4.74 Å². The van der Waals surface area contributed by atoms with Crippen molar-refractivity contribution in [2.24, 2.45) is 0 Å². The molecule has 0 fully saturated rings. The first-order valence-corrected chi connectivity index (χ1v) is 5.50. The average Bonchev–Trinajstić information content (AvgIpc) is 2.34. The van der Waals surface area contributed by atoms with Crippen LogP contribution in [0, 0.1) is 0 Å². The van der Waals surface area contributed by atoms with E-state index in [-0.39, 0.29) is 17.9 Å². The number of carbonyl (C=O) groups is 1. The topological polar surface area (TPSA) is 70.5 Å². The predicted molar refractivity (Wildman–Crippen MR) is 64.5 cm³/mol. The summed E-state index contributed by atoms with van der Waals surface area (Å²) in [6, 6.07) is 1.62. The van der Waals surface area contributed by atoms with Gasteiger partial charge in [-0.3, -0.25) is 0 Å². The lowest BCUT2D eigenvalue weighted by atomic mass is 10.1. The van der Waals surface area contributed by atoms with E-state index in [1.807, 2.05) is 20.8 Å². The second-order valence-corrected chi connectivity index (χ2v) is 4.65. The molecule has 6 heteroatoms. The zero-order valence-electron chi connectivity index (χ0n) is 11.3. The summed E-state index contributed by atoms with van der Waals surface area (Å²) < 4.78 is 15.2. The summed E-state index contributed by atoms with van der Waals surface area (Å²) in [6.45, 7) is 6.02. The maximum absolute atomic E-state index is 11.5. The van der Waals surface area contributed by atoms with Crippen LogP contribution in [0.4, 0.5) is 0 Å². The van der Waals surface area contributed by atoms with Crippen LogP contribution in [0.25, 0.3) is 0 Å². The molecule has 6 nitrogen and oxygen atoms in total. The van der Waals surface area contributed by atoms with Crippen LogP contribution >= 0.6 is 0 Å². The molecule has 0 radical (unpaired) electrons. The number of rotatable bonds is 4. The Kier molecular flexibility index (Phi) is 4.61. The number of methoxy groups -OCH3 is 2.